The standard InChI is InChI=1S/C19H20F3N5O/c1-28-15-4-2-3-13(9-15)11-26-7-5-14(6-8-26)16-10-17(19(20,21)22)27-18(25-16)23-12-24-27/h2-4,9-10,12,14H,5-8,11H2,1H3. The van der Waals surface area contributed by atoms with E-state index < -0.39 is 11.9 Å². The van der Waals surface area contributed by atoms with Crippen LogP contribution in [0.4, 0.5) is 13.2 Å². The maximum Gasteiger partial charge on any atom is 0.433 e. The van der Waals surface area contributed by atoms with Crippen molar-refractivity contribution >= 4 is 5.78 Å². The van der Waals surface area contributed by atoms with Crippen molar-refractivity contribution in [3.8, 4) is 5.75 Å². The third-order valence-electron chi connectivity index (χ3n) is 5.11. The summed E-state index contributed by atoms with van der Waals surface area (Å²) in [5.74, 6) is 0.783. The van der Waals surface area contributed by atoms with Crippen LogP contribution in [0.1, 0.15) is 35.7 Å². The van der Waals surface area contributed by atoms with Gasteiger partial charge in [0.25, 0.3) is 5.78 Å². The molecule has 0 spiro atoms. The number of alkyl halides is 3. The molecule has 28 heavy (non-hydrogen) atoms. The van der Waals surface area contributed by atoms with Gasteiger partial charge >= 0.3 is 6.18 Å². The molecule has 0 bridgehead atoms. The van der Waals surface area contributed by atoms with E-state index in [-0.39, 0.29) is 11.7 Å². The number of methoxy groups -OCH3 is 1. The molecule has 9 heteroatoms. The van der Waals surface area contributed by atoms with Gasteiger partial charge in [-0.3, -0.25) is 4.90 Å². The van der Waals surface area contributed by atoms with E-state index >= 15 is 0 Å². The molecule has 3 aromatic rings. The first kappa shape index (κ1) is 18.7. The summed E-state index contributed by atoms with van der Waals surface area (Å²) < 4.78 is 46.1. The number of nitrogens with zero attached hydrogens (tertiary/aromatic N) is 5. The monoisotopic (exact) mass is 391 g/mol. The van der Waals surface area contributed by atoms with E-state index in [0.29, 0.717) is 5.69 Å². The number of halogens is 3. The molecule has 0 aliphatic carbocycles. The van der Waals surface area contributed by atoms with Crippen molar-refractivity contribution < 1.29 is 17.9 Å². The highest BCUT2D eigenvalue weighted by atomic mass is 19.4. The second kappa shape index (κ2) is 7.38. The van der Waals surface area contributed by atoms with Crippen molar-refractivity contribution in [1.82, 2.24) is 24.5 Å². The van der Waals surface area contributed by atoms with Crippen LogP contribution in [0.2, 0.25) is 0 Å². The molecule has 1 aliphatic heterocycles. The molecule has 1 saturated heterocycles. The van der Waals surface area contributed by atoms with Crippen LogP contribution < -0.4 is 4.74 Å². The van der Waals surface area contributed by atoms with E-state index in [2.05, 4.69) is 20.0 Å². The molecular formula is C19H20F3N5O. The van der Waals surface area contributed by atoms with Crippen LogP contribution in [0.3, 0.4) is 0 Å². The van der Waals surface area contributed by atoms with E-state index in [9.17, 15) is 13.2 Å². The molecule has 4 rings (SSSR count). The predicted octanol–water partition coefficient (Wildman–Crippen LogP) is 3.53. The summed E-state index contributed by atoms with van der Waals surface area (Å²) in [7, 11) is 1.64. The normalized spacial score (nSPS) is 16.6. The Hall–Kier alpha value is -2.68. The van der Waals surface area contributed by atoms with Gasteiger partial charge in [-0.1, -0.05) is 12.1 Å². The number of likely N-dealkylation sites (tertiary alicyclic amines) is 1. The lowest BCUT2D eigenvalue weighted by Gasteiger charge is -2.32. The number of hydrogen-bond donors (Lipinski definition) is 0. The Kier molecular flexibility index (Phi) is 4.92. The van der Waals surface area contributed by atoms with Gasteiger partial charge in [0.2, 0.25) is 0 Å². The van der Waals surface area contributed by atoms with Gasteiger partial charge in [0.15, 0.2) is 5.69 Å². The molecule has 148 valence electrons. The Morgan fingerprint density at radius 2 is 1.96 bits per heavy atom. The number of piperidine rings is 1. The van der Waals surface area contributed by atoms with Gasteiger partial charge in [0.05, 0.1) is 7.11 Å². The van der Waals surface area contributed by atoms with E-state index in [0.717, 1.165) is 60.7 Å². The Morgan fingerprint density at radius 1 is 1.18 bits per heavy atom. The molecule has 0 radical (unpaired) electrons. The third-order valence-corrected chi connectivity index (χ3v) is 5.11. The molecule has 0 amide bonds. The first-order valence-corrected chi connectivity index (χ1v) is 9.07. The highest BCUT2D eigenvalue weighted by molar-refractivity contribution is 5.33. The van der Waals surface area contributed by atoms with E-state index in [1.807, 2.05) is 24.3 Å². The van der Waals surface area contributed by atoms with Gasteiger partial charge in [0, 0.05) is 18.2 Å². The van der Waals surface area contributed by atoms with Crippen molar-refractivity contribution in [2.45, 2.75) is 31.5 Å². The molecule has 0 saturated carbocycles. The molecule has 3 heterocycles. The average molecular weight is 391 g/mol. The summed E-state index contributed by atoms with van der Waals surface area (Å²) in [5.41, 5.74) is 0.762. The lowest BCUT2D eigenvalue weighted by molar-refractivity contribution is -0.142. The van der Waals surface area contributed by atoms with Crippen LogP contribution in [0.25, 0.3) is 5.78 Å². The van der Waals surface area contributed by atoms with Gasteiger partial charge in [0.1, 0.15) is 12.1 Å². The van der Waals surface area contributed by atoms with Crippen LogP contribution in [-0.4, -0.2) is 44.7 Å². The second-order valence-electron chi connectivity index (χ2n) is 6.94. The van der Waals surface area contributed by atoms with Gasteiger partial charge < -0.3 is 4.74 Å². The first-order chi connectivity index (χ1) is 13.4. The summed E-state index contributed by atoms with van der Waals surface area (Å²) in [4.78, 5) is 10.5. The summed E-state index contributed by atoms with van der Waals surface area (Å²) >= 11 is 0. The number of aromatic nitrogens is 4. The van der Waals surface area contributed by atoms with Crippen molar-refractivity contribution in [1.29, 1.82) is 0 Å². The third kappa shape index (κ3) is 3.80. The summed E-state index contributed by atoms with van der Waals surface area (Å²) in [6.07, 6.45) is -1.91. The molecule has 1 aliphatic rings. The molecule has 1 aromatic carbocycles. The molecular weight excluding hydrogens is 371 g/mol. The quantitative estimate of drug-likeness (QED) is 0.681. The summed E-state index contributed by atoms with van der Waals surface area (Å²) in [6, 6.07) is 9.02. The fraction of sp³-hybridized carbons (Fsp3) is 0.421. The Bertz CT molecular complexity index is 964. The minimum absolute atomic E-state index is 0.0105. The fourth-order valence-electron chi connectivity index (χ4n) is 3.66. The zero-order chi connectivity index (χ0) is 19.7. The second-order valence-corrected chi connectivity index (χ2v) is 6.94. The first-order valence-electron chi connectivity index (χ1n) is 9.07. The van der Waals surface area contributed by atoms with Gasteiger partial charge in [-0.15, -0.1) is 0 Å². The maximum absolute atomic E-state index is 13.4. The minimum atomic E-state index is -4.50. The molecule has 0 unspecified atom stereocenters. The van der Waals surface area contributed by atoms with E-state index in [1.54, 1.807) is 7.11 Å². The number of fused-ring (bicyclic) bond motifs is 1. The fourth-order valence-corrected chi connectivity index (χ4v) is 3.66. The van der Waals surface area contributed by atoms with Crippen molar-refractivity contribution in [3.63, 3.8) is 0 Å². The number of hydrogen-bond acceptors (Lipinski definition) is 5. The molecule has 0 N–H and O–H groups in total. The van der Waals surface area contributed by atoms with E-state index in [4.69, 9.17) is 4.74 Å². The van der Waals surface area contributed by atoms with Crippen molar-refractivity contribution in [2.75, 3.05) is 20.2 Å². The largest absolute Gasteiger partial charge is 0.497 e. The predicted molar refractivity (Wildman–Crippen MR) is 96.0 cm³/mol. The van der Waals surface area contributed by atoms with Crippen molar-refractivity contribution in [3.05, 3.63) is 53.6 Å². The maximum atomic E-state index is 13.4. The Morgan fingerprint density at radius 3 is 2.68 bits per heavy atom. The lowest BCUT2D eigenvalue weighted by Crippen LogP contribution is -2.33. The van der Waals surface area contributed by atoms with Gasteiger partial charge in [-0.05, 0) is 49.7 Å². The zero-order valence-corrected chi connectivity index (χ0v) is 15.4. The lowest BCUT2D eigenvalue weighted by atomic mass is 9.92. The van der Waals surface area contributed by atoms with Crippen LogP contribution in [0.5, 0.6) is 5.75 Å². The minimum Gasteiger partial charge on any atom is -0.497 e. The number of ether oxygens (including phenoxy) is 1. The highest BCUT2D eigenvalue weighted by Gasteiger charge is 2.36. The molecule has 1 fully saturated rings. The van der Waals surface area contributed by atoms with Gasteiger partial charge in [-0.2, -0.15) is 27.8 Å². The summed E-state index contributed by atoms with van der Waals surface area (Å²) in [6.45, 7) is 2.37. The van der Waals surface area contributed by atoms with Crippen LogP contribution in [0, 0.1) is 0 Å². The number of benzene rings is 1. The molecule has 2 aromatic heterocycles. The summed E-state index contributed by atoms with van der Waals surface area (Å²) in [5, 5.41) is 3.65. The SMILES string of the molecule is COc1cccc(CN2CCC(c3cc(C(F)(F)F)n4ncnc4n3)CC2)c1. The zero-order valence-electron chi connectivity index (χ0n) is 15.4. The smallest absolute Gasteiger partial charge is 0.433 e. The topological polar surface area (TPSA) is 55.6 Å². The highest BCUT2D eigenvalue weighted by Crippen LogP contribution is 2.33. The average Bonchev–Trinajstić information content (AvgIpc) is 3.16. The van der Waals surface area contributed by atoms with Crippen LogP contribution in [0.15, 0.2) is 36.7 Å². The Labute approximate surface area is 160 Å². The van der Waals surface area contributed by atoms with Crippen molar-refractivity contribution in [2.24, 2.45) is 0 Å². The van der Waals surface area contributed by atoms with E-state index in [1.165, 1.54) is 0 Å². The molecule has 6 nitrogen and oxygen atoms in total. The molecule has 0 atom stereocenters. The van der Waals surface area contributed by atoms with Gasteiger partial charge in [-0.25, -0.2) is 4.98 Å². The number of rotatable bonds is 4. The Balaban J connectivity index is 1.48. The van der Waals surface area contributed by atoms with Crippen LogP contribution in [-0.2, 0) is 12.7 Å². The van der Waals surface area contributed by atoms with Crippen LogP contribution >= 0.6 is 0 Å².